The minimum atomic E-state index is -0.163. The van der Waals surface area contributed by atoms with Gasteiger partial charge in [-0.25, -0.2) is 0 Å². The van der Waals surface area contributed by atoms with Crippen LogP contribution in [-0.2, 0) is 9.59 Å². The second-order valence-corrected chi connectivity index (χ2v) is 5.15. The average molecular weight is 260 g/mol. The topological polar surface area (TPSA) is 49.4 Å². The van der Waals surface area contributed by atoms with Crippen molar-refractivity contribution in [3.63, 3.8) is 0 Å². The molecule has 1 N–H and O–H groups in total. The molecule has 4 heteroatoms. The largest absolute Gasteiger partial charge is 0.351 e. The first kappa shape index (κ1) is 13.6. The molecule has 1 aliphatic heterocycles. The fourth-order valence-corrected chi connectivity index (χ4v) is 2.35. The van der Waals surface area contributed by atoms with E-state index in [1.807, 2.05) is 37.3 Å². The number of piperidine rings is 1. The van der Waals surface area contributed by atoms with E-state index in [1.165, 1.54) is 0 Å². The zero-order chi connectivity index (χ0) is 13.8. The van der Waals surface area contributed by atoms with Gasteiger partial charge >= 0.3 is 0 Å². The second-order valence-electron chi connectivity index (χ2n) is 5.15. The number of nitrogens with zero attached hydrogens (tertiary/aromatic N) is 1. The fraction of sp³-hybridized carbons (Fsp3) is 0.467. The van der Waals surface area contributed by atoms with E-state index in [0.29, 0.717) is 13.0 Å². The van der Waals surface area contributed by atoms with Crippen molar-refractivity contribution >= 4 is 11.8 Å². The lowest BCUT2D eigenvalue weighted by molar-refractivity contribution is -0.134. The summed E-state index contributed by atoms with van der Waals surface area (Å²) in [4.78, 5) is 25.3. The Labute approximate surface area is 113 Å². The third kappa shape index (κ3) is 3.34. The Bertz CT molecular complexity index is 458. The van der Waals surface area contributed by atoms with Crippen LogP contribution in [0.15, 0.2) is 30.3 Å². The van der Waals surface area contributed by atoms with E-state index in [-0.39, 0.29) is 23.8 Å². The highest BCUT2D eigenvalue weighted by Crippen LogP contribution is 2.16. The van der Waals surface area contributed by atoms with Crippen molar-refractivity contribution in [1.82, 2.24) is 10.2 Å². The molecule has 2 atom stereocenters. The van der Waals surface area contributed by atoms with Gasteiger partial charge in [0.15, 0.2) is 0 Å². The summed E-state index contributed by atoms with van der Waals surface area (Å²) >= 11 is 0. The van der Waals surface area contributed by atoms with Crippen molar-refractivity contribution in [2.75, 3.05) is 13.6 Å². The third-order valence-corrected chi connectivity index (χ3v) is 3.67. The van der Waals surface area contributed by atoms with E-state index in [1.54, 1.807) is 11.9 Å². The van der Waals surface area contributed by atoms with Crippen LogP contribution >= 0.6 is 0 Å². The first-order chi connectivity index (χ1) is 9.08. The van der Waals surface area contributed by atoms with Crippen molar-refractivity contribution in [2.24, 2.45) is 0 Å². The number of nitrogens with one attached hydrogen (secondary N) is 1. The molecule has 0 saturated carbocycles. The molecule has 0 aliphatic carbocycles. The standard InChI is InChI=1S/C15H20N2O2/c1-11(12-6-4-3-5-7-12)15(19)16-13-8-9-14(18)17(2)10-13/h3-7,11,13H,8-10H2,1-2H3,(H,16,19)/t11-,13+/m1/s1. The van der Waals surface area contributed by atoms with Gasteiger partial charge < -0.3 is 10.2 Å². The van der Waals surface area contributed by atoms with Crippen LogP contribution in [0.5, 0.6) is 0 Å². The summed E-state index contributed by atoms with van der Waals surface area (Å²) in [5.41, 5.74) is 1.01. The SMILES string of the molecule is C[C@@H](C(=O)N[C@H]1CCC(=O)N(C)C1)c1ccccc1. The molecule has 0 unspecified atom stereocenters. The van der Waals surface area contributed by atoms with Crippen LogP contribution in [0.4, 0.5) is 0 Å². The first-order valence-corrected chi connectivity index (χ1v) is 6.67. The number of hydrogen-bond acceptors (Lipinski definition) is 2. The van der Waals surface area contributed by atoms with E-state index in [4.69, 9.17) is 0 Å². The molecule has 0 bridgehead atoms. The fourth-order valence-electron chi connectivity index (χ4n) is 2.35. The molecule has 1 aromatic rings. The Morgan fingerprint density at radius 2 is 2.05 bits per heavy atom. The van der Waals surface area contributed by atoms with Crippen molar-refractivity contribution in [3.05, 3.63) is 35.9 Å². The van der Waals surface area contributed by atoms with Gasteiger partial charge in [-0.05, 0) is 18.9 Å². The minimum Gasteiger partial charge on any atom is -0.351 e. The van der Waals surface area contributed by atoms with Gasteiger partial charge in [0.25, 0.3) is 0 Å². The maximum absolute atomic E-state index is 12.2. The van der Waals surface area contributed by atoms with Gasteiger partial charge in [0.1, 0.15) is 0 Å². The molecule has 0 spiro atoms. The number of carbonyl (C=O) groups excluding carboxylic acids is 2. The molecule has 4 nitrogen and oxygen atoms in total. The molecule has 1 saturated heterocycles. The molecule has 1 heterocycles. The predicted molar refractivity (Wildman–Crippen MR) is 73.7 cm³/mol. The Morgan fingerprint density at radius 3 is 2.68 bits per heavy atom. The van der Waals surface area contributed by atoms with E-state index < -0.39 is 0 Å². The van der Waals surface area contributed by atoms with Gasteiger partial charge in [0.2, 0.25) is 11.8 Å². The van der Waals surface area contributed by atoms with E-state index in [9.17, 15) is 9.59 Å². The summed E-state index contributed by atoms with van der Waals surface area (Å²) in [6, 6.07) is 9.80. The van der Waals surface area contributed by atoms with Gasteiger partial charge in [-0.15, -0.1) is 0 Å². The van der Waals surface area contributed by atoms with Gasteiger partial charge in [-0.1, -0.05) is 30.3 Å². The summed E-state index contributed by atoms with van der Waals surface area (Å²) in [5, 5.41) is 3.04. The molecule has 19 heavy (non-hydrogen) atoms. The minimum absolute atomic E-state index is 0.0268. The molecule has 1 aliphatic rings. The zero-order valence-corrected chi connectivity index (χ0v) is 11.4. The van der Waals surface area contributed by atoms with Crippen molar-refractivity contribution in [3.8, 4) is 0 Å². The molecule has 102 valence electrons. The van der Waals surface area contributed by atoms with Crippen molar-refractivity contribution in [1.29, 1.82) is 0 Å². The van der Waals surface area contributed by atoms with Crippen LogP contribution in [-0.4, -0.2) is 36.3 Å². The number of carbonyl (C=O) groups is 2. The summed E-state index contributed by atoms with van der Waals surface area (Å²) < 4.78 is 0. The average Bonchev–Trinajstić information content (AvgIpc) is 2.43. The lowest BCUT2D eigenvalue weighted by Gasteiger charge is -2.30. The second kappa shape index (κ2) is 5.87. The number of benzene rings is 1. The van der Waals surface area contributed by atoms with Crippen molar-refractivity contribution in [2.45, 2.75) is 31.7 Å². The number of hydrogen-bond donors (Lipinski definition) is 1. The third-order valence-electron chi connectivity index (χ3n) is 3.67. The highest BCUT2D eigenvalue weighted by atomic mass is 16.2. The van der Waals surface area contributed by atoms with Crippen LogP contribution in [0.3, 0.4) is 0 Å². The smallest absolute Gasteiger partial charge is 0.227 e. The number of amides is 2. The summed E-state index contributed by atoms with van der Waals surface area (Å²) in [5.74, 6) is 0.0182. The van der Waals surface area contributed by atoms with Gasteiger partial charge in [-0.3, -0.25) is 9.59 Å². The molecule has 2 amide bonds. The molecule has 1 fully saturated rings. The maximum atomic E-state index is 12.2. The first-order valence-electron chi connectivity index (χ1n) is 6.67. The molecular formula is C15H20N2O2. The van der Waals surface area contributed by atoms with E-state index in [0.717, 1.165) is 12.0 Å². The predicted octanol–water partition coefficient (Wildman–Crippen LogP) is 1.53. The zero-order valence-electron chi connectivity index (χ0n) is 11.4. The Hall–Kier alpha value is -1.84. The summed E-state index contributed by atoms with van der Waals surface area (Å²) in [6.45, 7) is 2.51. The number of likely N-dealkylation sites (tertiary alicyclic amines) is 1. The molecule has 2 rings (SSSR count). The highest BCUT2D eigenvalue weighted by Gasteiger charge is 2.25. The van der Waals surface area contributed by atoms with Crippen LogP contribution in [0.25, 0.3) is 0 Å². The monoisotopic (exact) mass is 260 g/mol. The summed E-state index contributed by atoms with van der Waals surface area (Å²) in [6.07, 6.45) is 1.25. The highest BCUT2D eigenvalue weighted by molar-refractivity contribution is 5.84. The van der Waals surface area contributed by atoms with Crippen LogP contribution in [0.1, 0.15) is 31.2 Å². The Morgan fingerprint density at radius 1 is 1.37 bits per heavy atom. The number of rotatable bonds is 3. The maximum Gasteiger partial charge on any atom is 0.227 e. The summed E-state index contributed by atoms with van der Waals surface area (Å²) in [7, 11) is 1.78. The van der Waals surface area contributed by atoms with E-state index in [2.05, 4.69) is 5.32 Å². The van der Waals surface area contributed by atoms with Crippen LogP contribution in [0.2, 0.25) is 0 Å². The van der Waals surface area contributed by atoms with Gasteiger partial charge in [-0.2, -0.15) is 0 Å². The Kier molecular flexibility index (Phi) is 4.20. The quantitative estimate of drug-likeness (QED) is 0.896. The van der Waals surface area contributed by atoms with Crippen LogP contribution < -0.4 is 5.32 Å². The number of likely N-dealkylation sites (N-methyl/N-ethyl adjacent to an activating group) is 1. The van der Waals surface area contributed by atoms with Crippen molar-refractivity contribution < 1.29 is 9.59 Å². The normalized spacial score (nSPS) is 21.1. The lowest BCUT2D eigenvalue weighted by atomic mass is 9.99. The molecule has 0 aromatic heterocycles. The lowest BCUT2D eigenvalue weighted by Crippen LogP contribution is -2.49. The molecule has 0 radical (unpaired) electrons. The van der Waals surface area contributed by atoms with Gasteiger partial charge in [0, 0.05) is 26.1 Å². The molecular weight excluding hydrogens is 240 g/mol. The van der Waals surface area contributed by atoms with Crippen LogP contribution in [0, 0.1) is 0 Å². The van der Waals surface area contributed by atoms with E-state index >= 15 is 0 Å². The van der Waals surface area contributed by atoms with Gasteiger partial charge in [0.05, 0.1) is 5.92 Å². The molecule has 1 aromatic carbocycles. The Balaban J connectivity index is 1.93.